The van der Waals surface area contributed by atoms with Gasteiger partial charge in [-0.3, -0.25) is 14.5 Å². The van der Waals surface area contributed by atoms with E-state index >= 15 is 0 Å². The number of ether oxygens (including phenoxy) is 1. The van der Waals surface area contributed by atoms with Crippen molar-refractivity contribution in [2.24, 2.45) is 0 Å². The molecular formula is C30H41N5O3S2. The number of rotatable bonds is 13. The summed E-state index contributed by atoms with van der Waals surface area (Å²) < 4.78 is 5.63. The molecular weight excluding hydrogens is 542 g/mol. The molecule has 2 aromatic carbocycles. The molecule has 0 aliphatic carbocycles. The second kappa shape index (κ2) is 14.8. The van der Waals surface area contributed by atoms with Crippen LogP contribution in [0, 0.1) is 0 Å². The number of piperazine rings is 1. The summed E-state index contributed by atoms with van der Waals surface area (Å²) in [5.41, 5.74) is 1.41. The summed E-state index contributed by atoms with van der Waals surface area (Å²) in [5.74, 6) is 0.392. The van der Waals surface area contributed by atoms with Crippen LogP contribution in [0.4, 0.5) is 11.4 Å². The van der Waals surface area contributed by atoms with Crippen LogP contribution in [-0.4, -0.2) is 96.3 Å². The van der Waals surface area contributed by atoms with E-state index in [1.807, 2.05) is 59.7 Å². The summed E-state index contributed by atoms with van der Waals surface area (Å²) in [6, 6.07) is 14.5. The van der Waals surface area contributed by atoms with Crippen LogP contribution in [-0.2, 0) is 9.59 Å². The Morgan fingerprint density at radius 3 is 2.45 bits per heavy atom. The Morgan fingerprint density at radius 2 is 1.77 bits per heavy atom. The van der Waals surface area contributed by atoms with Gasteiger partial charge in [0.2, 0.25) is 5.91 Å². The van der Waals surface area contributed by atoms with Crippen LogP contribution in [0.5, 0.6) is 5.75 Å². The predicted octanol–water partition coefficient (Wildman–Crippen LogP) is 4.56. The minimum absolute atomic E-state index is 0.0287. The van der Waals surface area contributed by atoms with Gasteiger partial charge in [0.15, 0.2) is 5.11 Å². The van der Waals surface area contributed by atoms with E-state index in [0.29, 0.717) is 24.0 Å². The molecule has 2 saturated heterocycles. The minimum Gasteiger partial charge on any atom is -0.494 e. The van der Waals surface area contributed by atoms with Gasteiger partial charge in [-0.1, -0.05) is 19.9 Å². The zero-order valence-electron chi connectivity index (χ0n) is 23.8. The molecule has 1 atom stereocenters. The highest BCUT2D eigenvalue weighted by atomic mass is 32.2. The van der Waals surface area contributed by atoms with E-state index in [9.17, 15) is 9.59 Å². The highest BCUT2D eigenvalue weighted by molar-refractivity contribution is 7.98. The molecule has 2 aliphatic heterocycles. The van der Waals surface area contributed by atoms with Gasteiger partial charge in [0.05, 0.1) is 18.7 Å². The topological polar surface area (TPSA) is 68.4 Å². The molecule has 0 saturated carbocycles. The molecule has 4 rings (SSSR count). The average Bonchev–Trinajstić information content (AvgIpc) is 3.21. The largest absolute Gasteiger partial charge is 0.494 e. The van der Waals surface area contributed by atoms with Gasteiger partial charge in [-0.25, -0.2) is 0 Å². The van der Waals surface area contributed by atoms with Gasteiger partial charge in [-0.05, 0) is 86.9 Å². The van der Waals surface area contributed by atoms with Crippen LogP contribution < -0.4 is 15.0 Å². The smallest absolute Gasteiger partial charge is 0.256 e. The first-order chi connectivity index (χ1) is 19.4. The number of carbonyl (C=O) groups is 2. The second-order valence-corrected chi connectivity index (χ2v) is 11.4. The molecule has 1 N–H and O–H groups in total. The zero-order chi connectivity index (χ0) is 28.5. The third-order valence-electron chi connectivity index (χ3n) is 7.41. The van der Waals surface area contributed by atoms with Crippen molar-refractivity contribution in [3.63, 3.8) is 0 Å². The zero-order valence-corrected chi connectivity index (χ0v) is 25.4. The van der Waals surface area contributed by atoms with Gasteiger partial charge in [-0.2, -0.15) is 0 Å². The molecule has 0 spiro atoms. The number of hydrogen-bond acceptors (Lipinski definition) is 7. The lowest BCUT2D eigenvalue weighted by atomic mass is 10.1. The lowest BCUT2D eigenvalue weighted by molar-refractivity contribution is -0.124. The van der Waals surface area contributed by atoms with Crippen LogP contribution in [0.2, 0.25) is 0 Å². The Kier molecular flexibility index (Phi) is 11.2. The summed E-state index contributed by atoms with van der Waals surface area (Å²) in [6.45, 7) is 11.9. The van der Waals surface area contributed by atoms with Crippen LogP contribution in [0.1, 0.15) is 33.1 Å². The van der Waals surface area contributed by atoms with Crippen LogP contribution in [0.3, 0.4) is 0 Å². The van der Waals surface area contributed by atoms with Crippen molar-refractivity contribution in [3.8, 4) is 5.75 Å². The maximum atomic E-state index is 13.8. The second-order valence-electron chi connectivity index (χ2n) is 10.1. The molecule has 8 nitrogen and oxygen atoms in total. The van der Waals surface area contributed by atoms with Crippen molar-refractivity contribution < 1.29 is 14.3 Å². The average molecular weight is 584 g/mol. The summed E-state index contributed by atoms with van der Waals surface area (Å²) in [5, 5.41) is 3.41. The summed E-state index contributed by atoms with van der Waals surface area (Å²) in [6.07, 6.45) is 3.84. The van der Waals surface area contributed by atoms with Crippen LogP contribution in [0.25, 0.3) is 0 Å². The summed E-state index contributed by atoms with van der Waals surface area (Å²) >= 11 is 7.49. The van der Waals surface area contributed by atoms with E-state index in [4.69, 9.17) is 17.0 Å². The fraction of sp³-hybridized carbons (Fsp3) is 0.500. The number of hydrogen-bond donors (Lipinski definition) is 1. The van der Waals surface area contributed by atoms with Gasteiger partial charge in [0.25, 0.3) is 5.91 Å². The molecule has 2 aromatic rings. The quantitative estimate of drug-likeness (QED) is 0.272. The molecule has 2 amide bonds. The van der Waals surface area contributed by atoms with Crippen molar-refractivity contribution >= 4 is 52.3 Å². The van der Waals surface area contributed by atoms with Gasteiger partial charge in [0, 0.05) is 43.3 Å². The normalized spacial score (nSPS) is 18.4. The Balaban J connectivity index is 1.44. The number of carbonyl (C=O) groups excluding carboxylic acids is 2. The van der Waals surface area contributed by atoms with E-state index in [1.54, 1.807) is 16.7 Å². The number of likely N-dealkylation sites (N-methyl/N-ethyl adjacent to an activating group) is 1. The van der Waals surface area contributed by atoms with Gasteiger partial charge >= 0.3 is 0 Å². The molecule has 2 aliphatic rings. The first-order valence-corrected chi connectivity index (χ1v) is 15.8. The number of nitrogens with zero attached hydrogens (tertiary/aromatic N) is 4. The van der Waals surface area contributed by atoms with Gasteiger partial charge in [0.1, 0.15) is 11.8 Å². The van der Waals surface area contributed by atoms with Crippen molar-refractivity contribution in [3.05, 3.63) is 48.5 Å². The number of nitrogens with one attached hydrogen (secondary N) is 1. The summed E-state index contributed by atoms with van der Waals surface area (Å²) in [7, 11) is 0. The standard InChI is InChI=1S/C30H41N5O3S2/c1-4-20-38-25-12-10-23(11-13-25)31-28(36)22-27-29(37)35(24-8-6-9-26(21-24)40-3)30(39)34(27)15-7-14-33-18-16-32(5-2)17-19-33/h6,8-13,21,27H,4-5,7,14-20,22H2,1-3H3,(H,31,36). The first-order valence-electron chi connectivity index (χ1n) is 14.2. The Morgan fingerprint density at radius 1 is 1.05 bits per heavy atom. The summed E-state index contributed by atoms with van der Waals surface area (Å²) in [4.78, 5) is 36.5. The molecule has 216 valence electrons. The fourth-order valence-corrected chi connectivity index (χ4v) is 5.98. The Hall–Kier alpha value is -2.66. The van der Waals surface area contributed by atoms with Gasteiger partial charge < -0.3 is 24.8 Å². The molecule has 0 radical (unpaired) electrons. The van der Waals surface area contributed by atoms with E-state index < -0.39 is 6.04 Å². The maximum Gasteiger partial charge on any atom is 0.256 e. The number of thioether (sulfide) groups is 1. The molecule has 1 unspecified atom stereocenters. The van der Waals surface area contributed by atoms with Crippen molar-refractivity contribution in [1.82, 2.24) is 14.7 Å². The number of anilines is 2. The number of benzene rings is 2. The molecule has 10 heteroatoms. The molecule has 40 heavy (non-hydrogen) atoms. The third-order valence-corrected chi connectivity index (χ3v) is 8.55. The molecule has 0 aromatic heterocycles. The van der Waals surface area contributed by atoms with E-state index in [2.05, 4.69) is 29.0 Å². The number of thiocarbonyl (C=S) groups is 1. The first kappa shape index (κ1) is 30.3. The predicted molar refractivity (Wildman–Crippen MR) is 167 cm³/mol. The lowest BCUT2D eigenvalue weighted by Crippen LogP contribution is -2.47. The number of amides is 2. The lowest BCUT2D eigenvalue weighted by Gasteiger charge is -2.34. The molecule has 2 fully saturated rings. The van der Waals surface area contributed by atoms with E-state index in [0.717, 1.165) is 68.4 Å². The monoisotopic (exact) mass is 583 g/mol. The SMILES string of the molecule is CCCOc1ccc(NC(=O)CC2C(=O)N(c3cccc(SC)c3)C(=S)N2CCCN2CCN(CC)CC2)cc1. The Labute approximate surface area is 248 Å². The highest BCUT2D eigenvalue weighted by Gasteiger charge is 2.44. The van der Waals surface area contributed by atoms with Crippen molar-refractivity contribution in [2.75, 3.05) is 68.9 Å². The van der Waals surface area contributed by atoms with Crippen molar-refractivity contribution in [1.29, 1.82) is 0 Å². The van der Waals surface area contributed by atoms with Gasteiger partial charge in [-0.15, -0.1) is 11.8 Å². The van der Waals surface area contributed by atoms with Crippen molar-refractivity contribution in [2.45, 2.75) is 44.0 Å². The van der Waals surface area contributed by atoms with E-state index in [-0.39, 0.29) is 18.2 Å². The van der Waals surface area contributed by atoms with E-state index in [1.165, 1.54) is 0 Å². The minimum atomic E-state index is -0.644. The molecule has 2 heterocycles. The maximum absolute atomic E-state index is 13.8. The van der Waals surface area contributed by atoms with Crippen LogP contribution >= 0.6 is 24.0 Å². The van der Waals surface area contributed by atoms with Crippen LogP contribution in [0.15, 0.2) is 53.4 Å². The molecule has 0 bridgehead atoms. The third kappa shape index (κ3) is 7.75. The highest BCUT2D eigenvalue weighted by Crippen LogP contribution is 2.30. The fourth-order valence-electron chi connectivity index (χ4n) is 5.11. The Bertz CT molecular complexity index is 1150.